The lowest BCUT2D eigenvalue weighted by molar-refractivity contribution is -0.161. The molecule has 0 radical (unpaired) electrons. The van der Waals surface area contributed by atoms with Crippen LogP contribution in [0.1, 0.15) is 349 Å². The average Bonchev–Trinajstić information content (AvgIpc) is 1.04. The Labute approximate surface area is 596 Å². The molecule has 0 aliphatic carbocycles. The fourth-order valence-corrected chi connectivity index (χ4v) is 12.3. The van der Waals surface area contributed by atoms with Crippen molar-refractivity contribution in [1.29, 1.82) is 0 Å². The van der Waals surface area contributed by atoms with Gasteiger partial charge in [0.25, 0.3) is 0 Å². The monoisotopic (exact) mass is 1420 g/mol. The Kier molecular flexibility index (Phi) is 69.3. The van der Waals surface area contributed by atoms with Gasteiger partial charge in [0, 0.05) is 25.7 Å². The standard InChI is InChI=1S/C79H142O17P2/c1-5-9-13-17-21-25-29-33-36-40-43-47-51-55-59-63-76(81)89-69-74(95-78(83)65-61-57-53-49-45-39-32-28-24-20-16-12-8-4)71-93-97(85,86)91-67-73(80)68-92-98(87,88)94-72-75(96-79(84)66-62-58-54-50-46-42-38-35-31-27-23-19-15-11-7-3)70-90-77(82)64-60-56-52-48-44-41-37-34-30-26-22-18-14-10-6-2/h10,14,22-23,26-27,33-38,73-75,80H,5-9,11-13,15-21,24-25,28-32,39-72H2,1-4H3,(H,85,86)(H,87,88)/b14-10-,26-22-,27-23-,36-33-,37-34-,38-35-. The maximum atomic E-state index is 13.1. The Morgan fingerprint density at radius 3 is 0.847 bits per heavy atom. The predicted octanol–water partition coefficient (Wildman–Crippen LogP) is 22.4. The number of hydrogen-bond acceptors (Lipinski definition) is 15. The molecule has 0 spiro atoms. The minimum atomic E-state index is -4.98. The second kappa shape index (κ2) is 71.9. The number of aliphatic hydroxyl groups excluding tert-OH is 1. The van der Waals surface area contributed by atoms with E-state index in [0.29, 0.717) is 25.7 Å². The summed E-state index contributed by atoms with van der Waals surface area (Å²) in [6.07, 6.45) is 71.6. The van der Waals surface area contributed by atoms with Gasteiger partial charge in [0.05, 0.1) is 26.4 Å². The second-order valence-corrected chi connectivity index (χ2v) is 29.2. The second-order valence-electron chi connectivity index (χ2n) is 26.3. The number of carbonyl (C=O) groups is 4. The van der Waals surface area contributed by atoms with Gasteiger partial charge in [-0.15, -0.1) is 0 Å². The molecule has 0 fully saturated rings. The minimum Gasteiger partial charge on any atom is -0.462 e. The summed E-state index contributed by atoms with van der Waals surface area (Å²) in [5, 5.41) is 10.6. The van der Waals surface area contributed by atoms with Crippen LogP contribution in [0.4, 0.5) is 0 Å². The number of unbranched alkanes of at least 4 members (excludes halogenated alkanes) is 36. The van der Waals surface area contributed by atoms with Gasteiger partial charge in [-0.2, -0.15) is 0 Å². The summed E-state index contributed by atoms with van der Waals surface area (Å²) in [4.78, 5) is 72.9. The molecule has 0 heterocycles. The SMILES string of the molecule is CC/C=C\C/C=C\C/C=C\CCCCCCCC(=O)OCC(COP(=O)(O)OCC(O)COP(=O)(O)OCC(COC(=O)CCCCCCC/C=C\CCCCCCCC)OC(=O)CCCCCCCCCCCCCCC)OC(=O)CCCCCCC/C=C\C/C=C\CCCCC. The number of phosphoric ester groups is 2. The molecular formula is C79H142O17P2. The van der Waals surface area contributed by atoms with Crippen molar-refractivity contribution in [3.05, 3.63) is 72.9 Å². The Balaban J connectivity index is 5.35. The number of esters is 4. The Bertz CT molecular complexity index is 2140. The van der Waals surface area contributed by atoms with Crippen molar-refractivity contribution >= 4 is 39.5 Å². The lowest BCUT2D eigenvalue weighted by Gasteiger charge is -2.21. The van der Waals surface area contributed by atoms with Gasteiger partial charge in [-0.3, -0.25) is 37.3 Å². The van der Waals surface area contributed by atoms with Crippen LogP contribution in [0, 0.1) is 0 Å². The molecule has 98 heavy (non-hydrogen) atoms. The van der Waals surface area contributed by atoms with E-state index in [0.717, 1.165) is 161 Å². The quantitative estimate of drug-likeness (QED) is 0.0169. The van der Waals surface area contributed by atoms with Crippen molar-refractivity contribution in [1.82, 2.24) is 0 Å². The number of hydrogen-bond donors (Lipinski definition) is 3. The largest absolute Gasteiger partial charge is 0.472 e. The average molecular weight is 1430 g/mol. The molecule has 0 aromatic carbocycles. The van der Waals surface area contributed by atoms with Crippen LogP contribution < -0.4 is 0 Å². The lowest BCUT2D eigenvalue weighted by atomic mass is 10.0. The van der Waals surface area contributed by atoms with E-state index in [2.05, 4.69) is 101 Å². The first-order valence-electron chi connectivity index (χ1n) is 39.2. The van der Waals surface area contributed by atoms with Crippen LogP contribution in [0.2, 0.25) is 0 Å². The van der Waals surface area contributed by atoms with Gasteiger partial charge < -0.3 is 33.8 Å². The fraction of sp³-hybridized carbons (Fsp3) is 0.797. The third-order valence-corrected chi connectivity index (χ3v) is 18.6. The Hall–Kier alpha value is -3.50. The molecule has 19 heteroatoms. The molecule has 0 amide bonds. The summed E-state index contributed by atoms with van der Waals surface area (Å²) >= 11 is 0. The predicted molar refractivity (Wildman–Crippen MR) is 400 cm³/mol. The maximum absolute atomic E-state index is 13.1. The molecule has 0 saturated heterocycles. The van der Waals surface area contributed by atoms with Gasteiger partial charge in [0.1, 0.15) is 19.3 Å². The maximum Gasteiger partial charge on any atom is 0.472 e. The van der Waals surface area contributed by atoms with Crippen molar-refractivity contribution in [2.45, 2.75) is 367 Å². The number of phosphoric acid groups is 2. The van der Waals surface area contributed by atoms with Crippen LogP contribution >= 0.6 is 15.6 Å². The summed E-state index contributed by atoms with van der Waals surface area (Å²) in [7, 11) is -9.95. The van der Waals surface area contributed by atoms with Gasteiger partial charge in [0.2, 0.25) is 0 Å². The van der Waals surface area contributed by atoms with Crippen LogP contribution in [0.15, 0.2) is 72.9 Å². The zero-order chi connectivity index (χ0) is 71.8. The van der Waals surface area contributed by atoms with Crippen molar-refractivity contribution in [3.63, 3.8) is 0 Å². The van der Waals surface area contributed by atoms with E-state index >= 15 is 0 Å². The third kappa shape index (κ3) is 70.9. The summed E-state index contributed by atoms with van der Waals surface area (Å²) in [6.45, 7) is 4.74. The van der Waals surface area contributed by atoms with E-state index in [1.165, 1.54) is 109 Å². The van der Waals surface area contributed by atoms with E-state index in [1.807, 2.05) is 0 Å². The highest BCUT2D eigenvalue weighted by Crippen LogP contribution is 2.45. The lowest BCUT2D eigenvalue weighted by Crippen LogP contribution is -2.30. The molecule has 0 aromatic heterocycles. The molecule has 0 aliphatic rings. The molecular weight excluding hydrogens is 1280 g/mol. The molecule has 570 valence electrons. The first-order chi connectivity index (χ1) is 47.7. The normalized spacial score (nSPS) is 14.3. The van der Waals surface area contributed by atoms with Crippen LogP contribution in [0.25, 0.3) is 0 Å². The van der Waals surface area contributed by atoms with Crippen molar-refractivity contribution in [3.8, 4) is 0 Å². The highest BCUT2D eigenvalue weighted by molar-refractivity contribution is 7.47. The molecule has 0 rings (SSSR count). The van der Waals surface area contributed by atoms with E-state index in [9.17, 15) is 43.2 Å². The van der Waals surface area contributed by atoms with Gasteiger partial charge in [0.15, 0.2) is 12.2 Å². The topological polar surface area (TPSA) is 237 Å². The van der Waals surface area contributed by atoms with Gasteiger partial charge in [-0.25, -0.2) is 9.13 Å². The van der Waals surface area contributed by atoms with Crippen LogP contribution in [0.3, 0.4) is 0 Å². The van der Waals surface area contributed by atoms with Crippen LogP contribution in [0.5, 0.6) is 0 Å². The number of ether oxygens (including phenoxy) is 4. The van der Waals surface area contributed by atoms with E-state index in [1.54, 1.807) is 0 Å². The summed E-state index contributed by atoms with van der Waals surface area (Å²) in [5.41, 5.74) is 0. The first kappa shape index (κ1) is 94.5. The number of rotatable bonds is 74. The Morgan fingerprint density at radius 2 is 0.531 bits per heavy atom. The zero-order valence-electron chi connectivity index (χ0n) is 62.2. The van der Waals surface area contributed by atoms with Crippen LogP contribution in [-0.4, -0.2) is 96.7 Å². The highest BCUT2D eigenvalue weighted by atomic mass is 31.2. The first-order valence-corrected chi connectivity index (χ1v) is 42.2. The molecule has 0 saturated carbocycles. The third-order valence-electron chi connectivity index (χ3n) is 16.7. The van der Waals surface area contributed by atoms with Gasteiger partial charge >= 0.3 is 39.5 Å². The van der Waals surface area contributed by atoms with E-state index in [-0.39, 0.29) is 25.7 Å². The number of carbonyl (C=O) groups excluding carboxylic acids is 4. The number of allylic oxidation sites excluding steroid dienone is 12. The minimum absolute atomic E-state index is 0.0771. The zero-order valence-corrected chi connectivity index (χ0v) is 64.0. The van der Waals surface area contributed by atoms with Crippen LogP contribution in [-0.2, 0) is 65.4 Å². The molecule has 5 atom stereocenters. The van der Waals surface area contributed by atoms with E-state index in [4.69, 9.17) is 37.0 Å². The molecule has 0 aromatic rings. The number of aliphatic hydroxyl groups is 1. The van der Waals surface area contributed by atoms with Gasteiger partial charge in [-0.1, -0.05) is 280 Å². The fourth-order valence-electron chi connectivity index (χ4n) is 10.7. The summed E-state index contributed by atoms with van der Waals surface area (Å²) in [5.74, 6) is -2.19. The molecule has 17 nitrogen and oxygen atoms in total. The molecule has 0 bridgehead atoms. The molecule has 3 N–H and O–H groups in total. The van der Waals surface area contributed by atoms with Crippen molar-refractivity contribution in [2.24, 2.45) is 0 Å². The van der Waals surface area contributed by atoms with Crippen molar-refractivity contribution in [2.75, 3.05) is 39.6 Å². The highest BCUT2D eigenvalue weighted by Gasteiger charge is 2.30. The summed E-state index contributed by atoms with van der Waals surface area (Å²) in [6, 6.07) is 0. The molecule has 0 aliphatic heterocycles. The van der Waals surface area contributed by atoms with E-state index < -0.39 is 97.5 Å². The Morgan fingerprint density at radius 1 is 0.296 bits per heavy atom. The van der Waals surface area contributed by atoms with Crippen molar-refractivity contribution < 1.29 is 80.2 Å². The smallest absolute Gasteiger partial charge is 0.462 e. The molecule has 5 unspecified atom stereocenters. The summed E-state index contributed by atoms with van der Waals surface area (Å²) < 4.78 is 68.5. The van der Waals surface area contributed by atoms with Gasteiger partial charge in [-0.05, 0) is 116 Å².